The van der Waals surface area contributed by atoms with Crippen LogP contribution < -0.4 is 15.7 Å². The van der Waals surface area contributed by atoms with E-state index in [1.807, 2.05) is 0 Å². The van der Waals surface area contributed by atoms with Crippen LogP contribution >= 0.6 is 0 Å². The van der Waals surface area contributed by atoms with E-state index in [9.17, 15) is 27.2 Å². The first-order chi connectivity index (χ1) is 14.1. The van der Waals surface area contributed by atoms with E-state index in [0.717, 1.165) is 49.4 Å². The number of aromatic nitrogens is 3. The summed E-state index contributed by atoms with van der Waals surface area (Å²) in [5, 5.41) is 6.74. The van der Waals surface area contributed by atoms with Crippen molar-refractivity contribution in [1.82, 2.24) is 19.7 Å². The van der Waals surface area contributed by atoms with Crippen LogP contribution in [-0.4, -0.2) is 38.6 Å². The molecule has 1 N–H and O–H groups in total. The van der Waals surface area contributed by atoms with Crippen LogP contribution in [0.1, 0.15) is 48.8 Å². The highest BCUT2D eigenvalue weighted by Gasteiger charge is 2.39. The number of carbonyl (C=O) groups is 1. The van der Waals surface area contributed by atoms with Crippen molar-refractivity contribution in [2.45, 2.75) is 63.9 Å². The number of aryl methyl sites for hydroxylation is 1. The first-order valence-electron chi connectivity index (χ1n) is 9.72. The van der Waals surface area contributed by atoms with Crippen molar-refractivity contribution in [3.8, 4) is 11.4 Å². The van der Waals surface area contributed by atoms with Crippen molar-refractivity contribution in [2.75, 3.05) is 0 Å². The number of nitrogens with one attached hydrogen (secondary N) is 1. The largest absolute Gasteiger partial charge is 0.480 e. The molecule has 162 valence electrons. The second kappa shape index (κ2) is 7.44. The van der Waals surface area contributed by atoms with Gasteiger partial charge in [0.25, 0.3) is 5.91 Å². The predicted molar refractivity (Wildman–Crippen MR) is 97.4 cm³/mol. The van der Waals surface area contributed by atoms with Gasteiger partial charge in [-0.1, -0.05) is 0 Å². The summed E-state index contributed by atoms with van der Waals surface area (Å²) in [5.41, 5.74) is -1.32. The molecule has 0 bridgehead atoms. The first-order valence-corrected chi connectivity index (χ1v) is 9.72. The standard InChI is InChI=1S/C19H20F4N4O3/c1-10(19(21,22)23)30-15-9-14(13(20)8-12(15)17(28)24-11-5-6-11)27-18(29)26-7-3-2-4-16(26)25-27/h8-11H,2-7H2,1H3,(H,24,28)/t10-/m0/s1. The van der Waals surface area contributed by atoms with Crippen molar-refractivity contribution < 1.29 is 27.1 Å². The number of carbonyl (C=O) groups excluding carboxylic acids is 1. The molecule has 2 aliphatic rings. The number of benzene rings is 1. The van der Waals surface area contributed by atoms with Crippen LogP contribution in [0.5, 0.6) is 5.75 Å². The molecule has 0 unspecified atom stereocenters. The van der Waals surface area contributed by atoms with Gasteiger partial charge >= 0.3 is 11.9 Å². The monoisotopic (exact) mass is 428 g/mol. The zero-order chi connectivity index (χ0) is 21.6. The Morgan fingerprint density at radius 2 is 2.03 bits per heavy atom. The number of fused-ring (bicyclic) bond motifs is 1. The average Bonchev–Trinajstić information content (AvgIpc) is 3.44. The van der Waals surface area contributed by atoms with Crippen LogP contribution in [0.15, 0.2) is 16.9 Å². The molecule has 0 saturated heterocycles. The van der Waals surface area contributed by atoms with Crippen LogP contribution in [0.2, 0.25) is 0 Å². The fourth-order valence-electron chi connectivity index (χ4n) is 3.28. The average molecular weight is 428 g/mol. The third-order valence-electron chi connectivity index (χ3n) is 5.17. The second-order valence-electron chi connectivity index (χ2n) is 7.57. The van der Waals surface area contributed by atoms with Gasteiger partial charge in [-0.15, -0.1) is 5.10 Å². The van der Waals surface area contributed by atoms with Crippen LogP contribution in [0, 0.1) is 5.82 Å². The molecule has 1 aliphatic carbocycles. The molecule has 0 spiro atoms. The molecule has 1 saturated carbocycles. The Bertz CT molecular complexity index is 1040. The Morgan fingerprint density at radius 1 is 1.30 bits per heavy atom. The lowest BCUT2D eigenvalue weighted by atomic mass is 10.1. The topological polar surface area (TPSA) is 78.2 Å². The maximum Gasteiger partial charge on any atom is 0.425 e. The highest BCUT2D eigenvalue weighted by molar-refractivity contribution is 5.97. The Hall–Kier alpha value is -2.85. The summed E-state index contributed by atoms with van der Waals surface area (Å²) in [6.45, 7) is 1.22. The van der Waals surface area contributed by atoms with Gasteiger partial charge in [0.15, 0.2) is 6.10 Å². The van der Waals surface area contributed by atoms with Crippen LogP contribution in [-0.2, 0) is 13.0 Å². The fraction of sp³-hybridized carbons (Fsp3) is 0.526. The van der Waals surface area contributed by atoms with Crippen LogP contribution in [0.3, 0.4) is 0 Å². The molecule has 2 heterocycles. The number of hydrogen-bond acceptors (Lipinski definition) is 4. The van der Waals surface area contributed by atoms with Crippen LogP contribution in [0.4, 0.5) is 17.6 Å². The summed E-state index contributed by atoms with van der Waals surface area (Å²) in [4.78, 5) is 25.1. The molecule has 11 heteroatoms. The second-order valence-corrected chi connectivity index (χ2v) is 7.57. The van der Waals surface area contributed by atoms with Gasteiger partial charge in [-0.2, -0.15) is 17.9 Å². The van der Waals surface area contributed by atoms with Crippen molar-refractivity contribution in [3.05, 3.63) is 39.8 Å². The lowest BCUT2D eigenvalue weighted by molar-refractivity contribution is -0.189. The Morgan fingerprint density at radius 3 is 2.67 bits per heavy atom. The molecular weight excluding hydrogens is 408 g/mol. The van der Waals surface area contributed by atoms with Crippen molar-refractivity contribution in [3.63, 3.8) is 0 Å². The van der Waals surface area contributed by atoms with Gasteiger partial charge < -0.3 is 10.1 Å². The zero-order valence-electron chi connectivity index (χ0n) is 16.1. The van der Waals surface area contributed by atoms with Crippen molar-refractivity contribution >= 4 is 5.91 Å². The molecule has 2 aromatic rings. The van der Waals surface area contributed by atoms with E-state index >= 15 is 0 Å². The zero-order valence-corrected chi connectivity index (χ0v) is 16.1. The normalized spacial score (nSPS) is 17.4. The molecule has 4 rings (SSSR count). The lowest BCUT2D eigenvalue weighted by Gasteiger charge is -2.20. The molecule has 1 aliphatic heterocycles. The number of halogens is 4. The van der Waals surface area contributed by atoms with E-state index in [-0.39, 0.29) is 17.3 Å². The van der Waals surface area contributed by atoms with Gasteiger partial charge in [-0.05, 0) is 38.7 Å². The highest BCUT2D eigenvalue weighted by Crippen LogP contribution is 2.31. The Kier molecular flexibility index (Phi) is 5.07. The van der Waals surface area contributed by atoms with Gasteiger partial charge in [0.05, 0.1) is 5.56 Å². The maximum absolute atomic E-state index is 14.9. The number of alkyl halides is 3. The number of hydrogen-bond donors (Lipinski definition) is 1. The maximum atomic E-state index is 14.9. The summed E-state index contributed by atoms with van der Waals surface area (Å²) >= 11 is 0. The highest BCUT2D eigenvalue weighted by atomic mass is 19.4. The molecule has 1 amide bonds. The quantitative estimate of drug-likeness (QED) is 0.743. The van der Waals surface area contributed by atoms with Gasteiger partial charge in [-0.3, -0.25) is 9.36 Å². The van der Waals surface area contributed by atoms with Gasteiger partial charge in [0, 0.05) is 25.1 Å². The summed E-state index contributed by atoms with van der Waals surface area (Å²) < 4.78 is 61.2. The third kappa shape index (κ3) is 3.92. The Balaban J connectivity index is 1.78. The molecule has 1 atom stereocenters. The minimum atomic E-state index is -4.69. The lowest BCUT2D eigenvalue weighted by Crippen LogP contribution is -2.33. The SMILES string of the molecule is C[C@H](Oc1cc(-n2nc3n(c2=O)CCCC3)c(F)cc1C(=O)NC1CC1)C(F)(F)F. The van der Waals surface area contributed by atoms with E-state index in [1.165, 1.54) is 4.57 Å². The summed E-state index contributed by atoms with van der Waals surface area (Å²) in [5.74, 6) is -1.68. The molecule has 1 aromatic heterocycles. The van der Waals surface area contributed by atoms with Gasteiger partial charge in [0.1, 0.15) is 23.1 Å². The number of nitrogens with zero attached hydrogens (tertiary/aromatic N) is 3. The molecule has 1 aromatic carbocycles. The van der Waals surface area contributed by atoms with Crippen molar-refractivity contribution in [1.29, 1.82) is 0 Å². The summed E-state index contributed by atoms with van der Waals surface area (Å²) in [7, 11) is 0. The predicted octanol–water partition coefficient (Wildman–Crippen LogP) is 2.73. The van der Waals surface area contributed by atoms with Crippen molar-refractivity contribution in [2.24, 2.45) is 0 Å². The molecule has 30 heavy (non-hydrogen) atoms. The molecular formula is C19H20F4N4O3. The third-order valence-corrected chi connectivity index (χ3v) is 5.17. The molecule has 0 radical (unpaired) electrons. The summed E-state index contributed by atoms with van der Waals surface area (Å²) in [6.07, 6.45) is -3.29. The minimum absolute atomic E-state index is 0.0874. The molecule has 7 nitrogen and oxygen atoms in total. The van der Waals surface area contributed by atoms with Gasteiger partial charge in [0.2, 0.25) is 0 Å². The number of ether oxygens (including phenoxy) is 1. The van der Waals surface area contributed by atoms with E-state index < -0.39 is 35.4 Å². The summed E-state index contributed by atoms with van der Waals surface area (Å²) in [6, 6.07) is 1.63. The number of amides is 1. The van der Waals surface area contributed by atoms with E-state index in [4.69, 9.17) is 4.74 Å². The first kappa shape index (κ1) is 20.4. The Labute approximate surface area is 168 Å². The molecule has 1 fully saturated rings. The number of rotatable bonds is 5. The van der Waals surface area contributed by atoms with Crippen LogP contribution in [0.25, 0.3) is 5.69 Å². The smallest absolute Gasteiger partial charge is 0.425 e. The van der Waals surface area contributed by atoms with Gasteiger partial charge in [-0.25, -0.2) is 9.18 Å². The fourth-order valence-corrected chi connectivity index (χ4v) is 3.28. The van der Waals surface area contributed by atoms with E-state index in [2.05, 4.69) is 10.4 Å². The minimum Gasteiger partial charge on any atom is -0.480 e. The van der Waals surface area contributed by atoms with E-state index in [1.54, 1.807) is 0 Å². The van der Waals surface area contributed by atoms with E-state index in [0.29, 0.717) is 18.8 Å².